The standard InChI is InChI=1S/C12H20N2O2/c1-3-4-10(7-13)12(16)14-6-5-11(15)9(2)8-14/h9-11,15H,3-6,8H2,1-2H3. The molecule has 0 saturated carbocycles. The molecule has 4 nitrogen and oxygen atoms in total. The number of amides is 1. The summed E-state index contributed by atoms with van der Waals surface area (Å²) in [5, 5.41) is 18.5. The molecule has 1 heterocycles. The fourth-order valence-corrected chi connectivity index (χ4v) is 2.09. The van der Waals surface area contributed by atoms with E-state index in [2.05, 4.69) is 6.07 Å². The molecule has 0 bridgehead atoms. The Bertz CT molecular complexity index is 285. The molecule has 1 saturated heterocycles. The van der Waals surface area contributed by atoms with Crippen molar-refractivity contribution in [3.05, 3.63) is 0 Å². The predicted molar refractivity (Wildman–Crippen MR) is 60.4 cm³/mol. The minimum Gasteiger partial charge on any atom is -0.393 e. The fraction of sp³-hybridized carbons (Fsp3) is 0.833. The smallest absolute Gasteiger partial charge is 0.239 e. The average molecular weight is 224 g/mol. The number of carbonyl (C=O) groups excluding carboxylic acids is 1. The summed E-state index contributed by atoms with van der Waals surface area (Å²) in [6.07, 6.45) is 1.78. The SMILES string of the molecule is CCCC(C#N)C(=O)N1CCC(O)C(C)C1. The zero-order chi connectivity index (χ0) is 12.1. The summed E-state index contributed by atoms with van der Waals surface area (Å²) in [5.74, 6) is -0.464. The summed E-state index contributed by atoms with van der Waals surface area (Å²) in [6, 6.07) is 2.07. The summed E-state index contributed by atoms with van der Waals surface area (Å²) in [5.41, 5.74) is 0. The van der Waals surface area contributed by atoms with Gasteiger partial charge in [-0.1, -0.05) is 20.3 Å². The number of piperidine rings is 1. The van der Waals surface area contributed by atoms with E-state index in [1.54, 1.807) is 4.90 Å². The van der Waals surface area contributed by atoms with Crippen LogP contribution in [0.1, 0.15) is 33.1 Å². The highest BCUT2D eigenvalue weighted by molar-refractivity contribution is 5.81. The van der Waals surface area contributed by atoms with Crippen LogP contribution < -0.4 is 0 Å². The Morgan fingerprint density at radius 3 is 2.88 bits per heavy atom. The molecule has 0 aromatic heterocycles. The van der Waals surface area contributed by atoms with Gasteiger partial charge in [-0.25, -0.2) is 0 Å². The number of nitrogens with zero attached hydrogens (tertiary/aromatic N) is 2. The number of rotatable bonds is 3. The number of nitriles is 1. The van der Waals surface area contributed by atoms with Crippen LogP contribution in [-0.4, -0.2) is 35.1 Å². The third-order valence-electron chi connectivity index (χ3n) is 3.20. The topological polar surface area (TPSA) is 64.3 Å². The first-order valence-corrected chi connectivity index (χ1v) is 5.96. The summed E-state index contributed by atoms with van der Waals surface area (Å²) >= 11 is 0. The third-order valence-corrected chi connectivity index (χ3v) is 3.20. The highest BCUT2D eigenvalue weighted by Crippen LogP contribution is 2.19. The van der Waals surface area contributed by atoms with Crippen LogP contribution in [0.4, 0.5) is 0 Å². The molecule has 3 unspecified atom stereocenters. The van der Waals surface area contributed by atoms with Crippen LogP contribution in [0.3, 0.4) is 0 Å². The minimum atomic E-state index is -0.507. The Hall–Kier alpha value is -1.08. The van der Waals surface area contributed by atoms with Crippen LogP contribution in [0, 0.1) is 23.2 Å². The lowest BCUT2D eigenvalue weighted by atomic mass is 9.94. The van der Waals surface area contributed by atoms with E-state index in [0.717, 1.165) is 6.42 Å². The highest BCUT2D eigenvalue weighted by atomic mass is 16.3. The number of carbonyl (C=O) groups is 1. The number of likely N-dealkylation sites (tertiary alicyclic amines) is 1. The van der Waals surface area contributed by atoms with Gasteiger partial charge >= 0.3 is 0 Å². The van der Waals surface area contributed by atoms with E-state index in [1.807, 2.05) is 13.8 Å². The predicted octanol–water partition coefficient (Wildman–Crippen LogP) is 1.16. The fourth-order valence-electron chi connectivity index (χ4n) is 2.09. The number of aliphatic hydroxyl groups is 1. The normalized spacial score (nSPS) is 27.2. The van der Waals surface area contributed by atoms with Crippen LogP contribution in [-0.2, 0) is 4.79 Å². The molecular formula is C12H20N2O2. The molecule has 0 aromatic rings. The second-order valence-electron chi connectivity index (χ2n) is 4.59. The van der Waals surface area contributed by atoms with Gasteiger partial charge in [0.1, 0.15) is 5.92 Å². The van der Waals surface area contributed by atoms with Crippen LogP contribution in [0.15, 0.2) is 0 Å². The Balaban J connectivity index is 2.57. The van der Waals surface area contributed by atoms with Gasteiger partial charge in [-0.05, 0) is 18.8 Å². The molecule has 1 amide bonds. The summed E-state index contributed by atoms with van der Waals surface area (Å²) < 4.78 is 0. The average Bonchev–Trinajstić information content (AvgIpc) is 2.28. The van der Waals surface area contributed by atoms with E-state index in [9.17, 15) is 9.90 Å². The molecule has 0 aliphatic carbocycles. The molecule has 90 valence electrons. The van der Waals surface area contributed by atoms with Crippen molar-refractivity contribution in [2.75, 3.05) is 13.1 Å². The van der Waals surface area contributed by atoms with Crippen molar-refractivity contribution in [2.24, 2.45) is 11.8 Å². The van der Waals surface area contributed by atoms with Gasteiger partial charge < -0.3 is 10.0 Å². The van der Waals surface area contributed by atoms with E-state index in [4.69, 9.17) is 5.26 Å². The van der Waals surface area contributed by atoms with Crippen LogP contribution in [0.25, 0.3) is 0 Å². The first-order valence-electron chi connectivity index (χ1n) is 5.96. The van der Waals surface area contributed by atoms with Crippen molar-refractivity contribution in [2.45, 2.75) is 39.2 Å². The van der Waals surface area contributed by atoms with Crippen molar-refractivity contribution in [1.82, 2.24) is 4.90 Å². The molecule has 1 aliphatic heterocycles. The zero-order valence-corrected chi connectivity index (χ0v) is 10.0. The van der Waals surface area contributed by atoms with E-state index in [-0.39, 0.29) is 17.9 Å². The van der Waals surface area contributed by atoms with Crippen molar-refractivity contribution >= 4 is 5.91 Å². The Kier molecular flexibility index (Phi) is 4.75. The zero-order valence-electron chi connectivity index (χ0n) is 10.0. The van der Waals surface area contributed by atoms with E-state index in [0.29, 0.717) is 25.9 Å². The first kappa shape index (κ1) is 13.0. The van der Waals surface area contributed by atoms with Crippen LogP contribution in [0.2, 0.25) is 0 Å². The quantitative estimate of drug-likeness (QED) is 0.782. The molecule has 3 atom stereocenters. The molecule has 1 fully saturated rings. The molecule has 1 aliphatic rings. The maximum atomic E-state index is 12.0. The van der Waals surface area contributed by atoms with Gasteiger partial charge in [-0.2, -0.15) is 5.26 Å². The lowest BCUT2D eigenvalue weighted by Gasteiger charge is -2.35. The molecular weight excluding hydrogens is 204 g/mol. The van der Waals surface area contributed by atoms with Crippen LogP contribution in [0.5, 0.6) is 0 Å². The molecule has 16 heavy (non-hydrogen) atoms. The van der Waals surface area contributed by atoms with Crippen LogP contribution >= 0.6 is 0 Å². The molecule has 0 radical (unpaired) electrons. The van der Waals surface area contributed by atoms with Gasteiger partial charge in [0.2, 0.25) is 5.91 Å². The summed E-state index contributed by atoms with van der Waals surface area (Å²) in [6.45, 7) is 5.06. The largest absolute Gasteiger partial charge is 0.393 e. The van der Waals surface area contributed by atoms with Gasteiger partial charge in [0.05, 0.1) is 12.2 Å². The first-order chi connectivity index (χ1) is 7.60. The Morgan fingerprint density at radius 2 is 2.38 bits per heavy atom. The summed E-state index contributed by atoms with van der Waals surface area (Å²) in [4.78, 5) is 13.7. The number of hydrogen-bond donors (Lipinski definition) is 1. The third kappa shape index (κ3) is 2.96. The van der Waals surface area contributed by atoms with Gasteiger partial charge in [-0.3, -0.25) is 4.79 Å². The minimum absolute atomic E-state index is 0.0666. The monoisotopic (exact) mass is 224 g/mol. The second-order valence-corrected chi connectivity index (χ2v) is 4.59. The highest BCUT2D eigenvalue weighted by Gasteiger charge is 2.30. The molecule has 0 spiro atoms. The Labute approximate surface area is 96.9 Å². The molecule has 0 aromatic carbocycles. The maximum absolute atomic E-state index is 12.0. The Morgan fingerprint density at radius 1 is 1.69 bits per heavy atom. The molecule has 1 N–H and O–H groups in total. The lowest BCUT2D eigenvalue weighted by molar-refractivity contribution is -0.137. The molecule has 1 rings (SSSR count). The number of hydrogen-bond acceptors (Lipinski definition) is 3. The maximum Gasteiger partial charge on any atom is 0.239 e. The second kappa shape index (κ2) is 5.86. The van der Waals surface area contributed by atoms with Gasteiger partial charge in [-0.15, -0.1) is 0 Å². The van der Waals surface area contributed by atoms with Gasteiger partial charge in [0.25, 0.3) is 0 Å². The summed E-state index contributed by atoms with van der Waals surface area (Å²) in [7, 11) is 0. The lowest BCUT2D eigenvalue weighted by Crippen LogP contribution is -2.46. The van der Waals surface area contributed by atoms with E-state index >= 15 is 0 Å². The van der Waals surface area contributed by atoms with Crippen molar-refractivity contribution in [3.8, 4) is 6.07 Å². The number of aliphatic hydroxyl groups excluding tert-OH is 1. The van der Waals surface area contributed by atoms with Crippen molar-refractivity contribution < 1.29 is 9.90 Å². The van der Waals surface area contributed by atoms with Gasteiger partial charge in [0, 0.05) is 13.1 Å². The van der Waals surface area contributed by atoms with E-state index in [1.165, 1.54) is 0 Å². The van der Waals surface area contributed by atoms with Crippen molar-refractivity contribution in [1.29, 1.82) is 5.26 Å². The van der Waals surface area contributed by atoms with E-state index < -0.39 is 5.92 Å². The molecule has 4 heteroatoms. The van der Waals surface area contributed by atoms with Crippen molar-refractivity contribution in [3.63, 3.8) is 0 Å². The van der Waals surface area contributed by atoms with Gasteiger partial charge in [0.15, 0.2) is 0 Å².